The molecule has 0 aromatic heterocycles. The third kappa shape index (κ3) is 3.65. The van der Waals surface area contributed by atoms with Gasteiger partial charge in [0.25, 0.3) is 0 Å². The maximum atomic E-state index is 13.3. The number of carboxylic acid groups (broad SMARTS) is 1. The third-order valence-corrected chi connectivity index (χ3v) is 2.58. The minimum atomic E-state index is -1.21. The number of carbonyl (C=O) groups is 1. The molecule has 1 N–H and O–H groups in total. The van der Waals surface area contributed by atoms with E-state index in [4.69, 9.17) is 5.11 Å². The number of aryl methyl sites for hydroxylation is 1. The Bertz CT molecular complexity index is 361. The van der Waals surface area contributed by atoms with Gasteiger partial charge >= 0.3 is 5.97 Å². The lowest BCUT2D eigenvalue weighted by Gasteiger charge is -2.03. The molecule has 0 bridgehead atoms. The molecule has 1 rings (SSSR count). The van der Waals surface area contributed by atoms with Gasteiger partial charge in [0.15, 0.2) is 0 Å². The van der Waals surface area contributed by atoms with Gasteiger partial charge in [-0.25, -0.2) is 9.18 Å². The summed E-state index contributed by atoms with van der Waals surface area (Å²) in [5.74, 6) is -1.85. The Labute approximate surface area is 95.1 Å². The largest absolute Gasteiger partial charge is 0.478 e. The van der Waals surface area contributed by atoms with E-state index in [1.807, 2.05) is 0 Å². The summed E-state index contributed by atoms with van der Waals surface area (Å²) < 4.78 is 13.3. The minimum Gasteiger partial charge on any atom is -0.478 e. The maximum Gasteiger partial charge on any atom is 0.338 e. The van der Waals surface area contributed by atoms with Crippen LogP contribution < -0.4 is 0 Å². The number of carboxylic acids is 1. The van der Waals surface area contributed by atoms with Crippen molar-refractivity contribution in [1.82, 2.24) is 0 Å². The lowest BCUT2D eigenvalue weighted by Crippen LogP contribution is -2.01. The zero-order chi connectivity index (χ0) is 12.0. The molecule has 1 aromatic carbocycles. The van der Waals surface area contributed by atoms with Gasteiger partial charge in [0.2, 0.25) is 0 Å². The monoisotopic (exact) mass is 224 g/mol. The summed E-state index contributed by atoms with van der Waals surface area (Å²) in [6.07, 6.45) is 5.34. The van der Waals surface area contributed by atoms with Crippen LogP contribution in [0.1, 0.15) is 48.5 Å². The standard InChI is InChI=1S/C13H17FO2/c1-2-3-4-5-6-10-7-8-11(13(15)16)12(14)9-10/h7-9H,2-6H2,1H3,(H,15,16). The fourth-order valence-electron chi connectivity index (χ4n) is 1.64. The Balaban J connectivity index is 2.56. The van der Waals surface area contributed by atoms with E-state index >= 15 is 0 Å². The zero-order valence-electron chi connectivity index (χ0n) is 9.50. The van der Waals surface area contributed by atoms with E-state index in [0.29, 0.717) is 0 Å². The summed E-state index contributed by atoms with van der Waals surface area (Å²) in [5.41, 5.74) is 0.621. The van der Waals surface area contributed by atoms with Crippen molar-refractivity contribution in [2.75, 3.05) is 0 Å². The second kappa shape index (κ2) is 6.26. The summed E-state index contributed by atoms with van der Waals surface area (Å²) in [7, 11) is 0. The van der Waals surface area contributed by atoms with Gasteiger partial charge in [0, 0.05) is 0 Å². The molecule has 0 heterocycles. The van der Waals surface area contributed by atoms with Crippen molar-refractivity contribution >= 4 is 5.97 Å². The van der Waals surface area contributed by atoms with Crippen LogP contribution in [0.2, 0.25) is 0 Å². The number of aromatic carboxylic acids is 1. The molecule has 0 radical (unpaired) electrons. The van der Waals surface area contributed by atoms with Crippen LogP contribution in [-0.2, 0) is 6.42 Å². The molecule has 1 aromatic rings. The molecule has 0 fully saturated rings. The lowest BCUT2D eigenvalue weighted by molar-refractivity contribution is 0.0692. The van der Waals surface area contributed by atoms with Crippen LogP contribution in [0, 0.1) is 5.82 Å². The van der Waals surface area contributed by atoms with Gasteiger partial charge in [-0.05, 0) is 30.5 Å². The Morgan fingerprint density at radius 1 is 1.31 bits per heavy atom. The highest BCUT2D eigenvalue weighted by molar-refractivity contribution is 5.87. The Morgan fingerprint density at radius 3 is 2.62 bits per heavy atom. The van der Waals surface area contributed by atoms with E-state index in [9.17, 15) is 9.18 Å². The van der Waals surface area contributed by atoms with Crippen LogP contribution in [0.15, 0.2) is 18.2 Å². The Morgan fingerprint density at radius 2 is 2.06 bits per heavy atom. The molecule has 0 saturated heterocycles. The number of unbranched alkanes of at least 4 members (excludes halogenated alkanes) is 3. The number of halogens is 1. The van der Waals surface area contributed by atoms with Gasteiger partial charge in [0.1, 0.15) is 5.82 Å². The van der Waals surface area contributed by atoms with Crippen molar-refractivity contribution in [2.45, 2.75) is 39.0 Å². The predicted molar refractivity (Wildman–Crippen MR) is 61.2 cm³/mol. The first-order chi connectivity index (χ1) is 7.65. The summed E-state index contributed by atoms with van der Waals surface area (Å²) >= 11 is 0. The first-order valence-corrected chi connectivity index (χ1v) is 5.67. The van der Waals surface area contributed by atoms with Crippen molar-refractivity contribution in [3.05, 3.63) is 35.1 Å². The topological polar surface area (TPSA) is 37.3 Å². The molecular formula is C13H17FO2. The van der Waals surface area contributed by atoms with Crippen molar-refractivity contribution in [3.63, 3.8) is 0 Å². The molecular weight excluding hydrogens is 207 g/mol. The molecule has 16 heavy (non-hydrogen) atoms. The first kappa shape index (κ1) is 12.7. The summed E-state index contributed by atoms with van der Waals surface area (Å²) in [4.78, 5) is 10.6. The molecule has 3 heteroatoms. The highest BCUT2D eigenvalue weighted by Gasteiger charge is 2.09. The van der Waals surface area contributed by atoms with Crippen molar-refractivity contribution in [3.8, 4) is 0 Å². The van der Waals surface area contributed by atoms with E-state index in [-0.39, 0.29) is 5.56 Å². The van der Waals surface area contributed by atoms with Crippen LogP contribution in [0.5, 0.6) is 0 Å². The molecule has 0 saturated carbocycles. The predicted octanol–water partition coefficient (Wildman–Crippen LogP) is 3.65. The number of benzene rings is 1. The Kier molecular flexibility index (Phi) is 4.96. The van der Waals surface area contributed by atoms with Gasteiger partial charge in [-0.2, -0.15) is 0 Å². The molecule has 0 amide bonds. The minimum absolute atomic E-state index is 0.252. The molecule has 0 aliphatic heterocycles. The zero-order valence-corrected chi connectivity index (χ0v) is 9.50. The van der Waals surface area contributed by atoms with Crippen molar-refractivity contribution < 1.29 is 14.3 Å². The second-order valence-electron chi connectivity index (χ2n) is 3.93. The van der Waals surface area contributed by atoms with E-state index in [1.165, 1.54) is 25.0 Å². The molecule has 2 nitrogen and oxygen atoms in total. The van der Waals surface area contributed by atoms with E-state index in [1.54, 1.807) is 6.07 Å². The number of hydrogen-bond acceptors (Lipinski definition) is 1. The highest BCUT2D eigenvalue weighted by atomic mass is 19.1. The van der Waals surface area contributed by atoms with Crippen molar-refractivity contribution in [1.29, 1.82) is 0 Å². The van der Waals surface area contributed by atoms with Gasteiger partial charge in [0.05, 0.1) is 5.56 Å². The average molecular weight is 224 g/mol. The first-order valence-electron chi connectivity index (χ1n) is 5.67. The van der Waals surface area contributed by atoms with Crippen LogP contribution in [0.3, 0.4) is 0 Å². The van der Waals surface area contributed by atoms with Gasteiger partial charge in [-0.15, -0.1) is 0 Å². The smallest absolute Gasteiger partial charge is 0.338 e. The quantitative estimate of drug-likeness (QED) is 0.749. The van der Waals surface area contributed by atoms with E-state index < -0.39 is 11.8 Å². The normalized spacial score (nSPS) is 10.4. The van der Waals surface area contributed by atoms with Crippen LogP contribution in [-0.4, -0.2) is 11.1 Å². The van der Waals surface area contributed by atoms with Crippen LogP contribution in [0.25, 0.3) is 0 Å². The third-order valence-electron chi connectivity index (χ3n) is 2.58. The fourth-order valence-corrected chi connectivity index (χ4v) is 1.64. The average Bonchev–Trinajstić information content (AvgIpc) is 2.24. The number of hydrogen-bond donors (Lipinski definition) is 1. The van der Waals surface area contributed by atoms with Crippen LogP contribution in [0.4, 0.5) is 4.39 Å². The summed E-state index contributed by atoms with van der Waals surface area (Å²) in [6, 6.07) is 4.36. The molecule has 0 spiro atoms. The lowest BCUT2D eigenvalue weighted by atomic mass is 10.0. The molecule has 0 atom stereocenters. The second-order valence-corrected chi connectivity index (χ2v) is 3.93. The molecule has 0 aliphatic carbocycles. The van der Waals surface area contributed by atoms with Gasteiger partial charge in [-0.1, -0.05) is 32.3 Å². The van der Waals surface area contributed by atoms with Crippen molar-refractivity contribution in [2.24, 2.45) is 0 Å². The van der Waals surface area contributed by atoms with Gasteiger partial charge in [-0.3, -0.25) is 0 Å². The van der Waals surface area contributed by atoms with Gasteiger partial charge < -0.3 is 5.11 Å². The summed E-state index contributed by atoms with van der Waals surface area (Å²) in [6.45, 7) is 2.14. The molecule has 0 unspecified atom stereocenters. The maximum absolute atomic E-state index is 13.3. The SMILES string of the molecule is CCCCCCc1ccc(C(=O)O)c(F)c1. The van der Waals surface area contributed by atoms with E-state index in [2.05, 4.69) is 6.92 Å². The molecule has 0 aliphatic rings. The highest BCUT2D eigenvalue weighted by Crippen LogP contribution is 2.13. The van der Waals surface area contributed by atoms with Crippen LogP contribution >= 0.6 is 0 Å². The summed E-state index contributed by atoms with van der Waals surface area (Å²) in [5, 5.41) is 8.66. The van der Waals surface area contributed by atoms with E-state index in [0.717, 1.165) is 24.8 Å². The fraction of sp³-hybridized carbons (Fsp3) is 0.462. The number of rotatable bonds is 6. The molecule has 88 valence electrons. The Hall–Kier alpha value is -1.38.